The fraction of sp³-hybridized carbons (Fsp3) is 0.167. The Bertz CT molecular complexity index is 621. The minimum atomic E-state index is -0.553. The predicted octanol–water partition coefficient (Wildman–Crippen LogP) is 1.72. The van der Waals surface area contributed by atoms with Gasteiger partial charge in [-0.25, -0.2) is 4.98 Å². The SMILES string of the molecule is Cn1ccnc1COc1cc(C=O)ccc1[N+](=O)[O-]. The molecule has 0 saturated carbocycles. The van der Waals surface area contributed by atoms with Crippen molar-refractivity contribution >= 4 is 12.0 Å². The van der Waals surface area contributed by atoms with Crippen LogP contribution in [0.1, 0.15) is 16.2 Å². The van der Waals surface area contributed by atoms with Gasteiger partial charge in [0.05, 0.1) is 4.92 Å². The molecule has 0 N–H and O–H groups in total. The fourth-order valence-electron chi connectivity index (χ4n) is 1.55. The number of aldehydes is 1. The highest BCUT2D eigenvalue weighted by molar-refractivity contribution is 5.76. The van der Waals surface area contributed by atoms with E-state index in [1.54, 1.807) is 24.0 Å². The molecule has 1 aromatic heterocycles. The van der Waals surface area contributed by atoms with E-state index in [0.717, 1.165) is 0 Å². The van der Waals surface area contributed by atoms with Crippen molar-refractivity contribution in [2.45, 2.75) is 6.61 Å². The van der Waals surface area contributed by atoms with Gasteiger partial charge in [-0.2, -0.15) is 0 Å². The van der Waals surface area contributed by atoms with Crippen LogP contribution >= 0.6 is 0 Å². The van der Waals surface area contributed by atoms with Crippen molar-refractivity contribution in [3.63, 3.8) is 0 Å². The Hall–Kier alpha value is -2.70. The zero-order chi connectivity index (χ0) is 13.8. The van der Waals surface area contributed by atoms with Crippen molar-refractivity contribution < 1.29 is 14.5 Å². The number of nitro groups is 1. The van der Waals surface area contributed by atoms with Crippen molar-refractivity contribution in [1.82, 2.24) is 9.55 Å². The number of nitrogens with zero attached hydrogens (tertiary/aromatic N) is 3. The highest BCUT2D eigenvalue weighted by Gasteiger charge is 2.16. The molecule has 2 aromatic rings. The predicted molar refractivity (Wildman–Crippen MR) is 66.0 cm³/mol. The first-order chi connectivity index (χ1) is 9.11. The summed E-state index contributed by atoms with van der Waals surface area (Å²) >= 11 is 0. The first-order valence-electron chi connectivity index (χ1n) is 5.44. The van der Waals surface area contributed by atoms with Crippen molar-refractivity contribution in [3.05, 3.63) is 52.1 Å². The summed E-state index contributed by atoms with van der Waals surface area (Å²) < 4.78 is 7.13. The van der Waals surface area contributed by atoms with Crippen LogP contribution in [-0.4, -0.2) is 20.8 Å². The normalized spacial score (nSPS) is 10.2. The average Bonchev–Trinajstić information content (AvgIpc) is 2.81. The summed E-state index contributed by atoms with van der Waals surface area (Å²) in [5.74, 6) is 0.684. The monoisotopic (exact) mass is 261 g/mol. The molecule has 0 aliphatic carbocycles. The molecular formula is C12H11N3O4. The summed E-state index contributed by atoms with van der Waals surface area (Å²) in [6, 6.07) is 3.96. The molecule has 7 nitrogen and oxygen atoms in total. The largest absolute Gasteiger partial charge is 0.479 e. The van der Waals surface area contributed by atoms with Gasteiger partial charge in [0, 0.05) is 31.1 Å². The van der Waals surface area contributed by atoms with E-state index < -0.39 is 4.92 Å². The summed E-state index contributed by atoms with van der Waals surface area (Å²) in [5, 5.41) is 10.9. The number of carbonyl (C=O) groups excluding carboxylic acids is 1. The number of aromatic nitrogens is 2. The summed E-state index contributed by atoms with van der Waals surface area (Å²) in [6.45, 7) is 0.0899. The van der Waals surface area contributed by atoms with Gasteiger partial charge in [0.25, 0.3) is 0 Å². The van der Waals surface area contributed by atoms with Gasteiger partial charge in [-0.05, 0) is 12.1 Å². The van der Waals surface area contributed by atoms with E-state index in [1.165, 1.54) is 18.2 Å². The lowest BCUT2D eigenvalue weighted by Crippen LogP contribution is -2.04. The maximum absolute atomic E-state index is 10.9. The van der Waals surface area contributed by atoms with Gasteiger partial charge in [-0.1, -0.05) is 0 Å². The van der Waals surface area contributed by atoms with Crippen LogP contribution in [0, 0.1) is 10.1 Å². The van der Waals surface area contributed by atoms with Crippen molar-refractivity contribution in [3.8, 4) is 5.75 Å². The number of benzene rings is 1. The number of imidazole rings is 1. The smallest absolute Gasteiger partial charge is 0.310 e. The molecule has 0 aliphatic heterocycles. The molecule has 0 radical (unpaired) electrons. The lowest BCUT2D eigenvalue weighted by Gasteiger charge is -2.07. The van der Waals surface area contributed by atoms with Crippen LogP contribution in [0.25, 0.3) is 0 Å². The molecule has 0 saturated heterocycles. The van der Waals surface area contributed by atoms with Crippen LogP contribution in [-0.2, 0) is 13.7 Å². The van der Waals surface area contributed by atoms with E-state index in [-0.39, 0.29) is 18.0 Å². The van der Waals surface area contributed by atoms with Crippen LogP contribution < -0.4 is 4.74 Å². The van der Waals surface area contributed by atoms with Gasteiger partial charge in [0.15, 0.2) is 5.75 Å². The molecule has 0 bridgehead atoms. The molecule has 0 fully saturated rings. The number of hydrogen-bond acceptors (Lipinski definition) is 5. The molecule has 19 heavy (non-hydrogen) atoms. The zero-order valence-electron chi connectivity index (χ0n) is 10.1. The Balaban J connectivity index is 2.25. The quantitative estimate of drug-likeness (QED) is 0.464. The third-order valence-corrected chi connectivity index (χ3v) is 2.59. The molecule has 0 amide bonds. The van der Waals surface area contributed by atoms with Gasteiger partial charge in [0.1, 0.15) is 18.7 Å². The van der Waals surface area contributed by atoms with Crippen LogP contribution in [0.2, 0.25) is 0 Å². The van der Waals surface area contributed by atoms with Crippen molar-refractivity contribution in [2.75, 3.05) is 0 Å². The molecular weight excluding hydrogens is 250 g/mol. The first-order valence-corrected chi connectivity index (χ1v) is 5.44. The first kappa shape index (κ1) is 12.7. The highest BCUT2D eigenvalue weighted by atomic mass is 16.6. The minimum absolute atomic E-state index is 0.0533. The Labute approximate surface area is 108 Å². The van der Waals surface area contributed by atoms with Gasteiger partial charge in [-0.15, -0.1) is 0 Å². The van der Waals surface area contributed by atoms with Crippen LogP contribution in [0.5, 0.6) is 5.75 Å². The zero-order valence-corrected chi connectivity index (χ0v) is 10.1. The van der Waals surface area contributed by atoms with Gasteiger partial charge in [0.2, 0.25) is 0 Å². The maximum Gasteiger partial charge on any atom is 0.310 e. The van der Waals surface area contributed by atoms with E-state index in [9.17, 15) is 14.9 Å². The molecule has 0 aliphatic rings. The standard InChI is InChI=1S/C12H11N3O4/c1-14-5-4-13-12(14)8-19-11-6-9(7-16)2-3-10(11)15(17)18/h2-7H,8H2,1H3. The molecule has 2 rings (SSSR count). The van der Waals surface area contributed by atoms with Gasteiger partial charge in [-0.3, -0.25) is 14.9 Å². The topological polar surface area (TPSA) is 87.3 Å². The Morgan fingerprint density at radius 1 is 1.53 bits per heavy atom. The summed E-state index contributed by atoms with van der Waals surface area (Å²) in [4.78, 5) is 25.0. The molecule has 0 spiro atoms. The van der Waals surface area contributed by atoms with Gasteiger partial charge >= 0.3 is 5.69 Å². The molecule has 0 unspecified atom stereocenters. The van der Waals surface area contributed by atoms with E-state index in [0.29, 0.717) is 17.7 Å². The Kier molecular flexibility index (Phi) is 3.56. The average molecular weight is 261 g/mol. The molecule has 98 valence electrons. The second-order valence-electron chi connectivity index (χ2n) is 3.85. The number of rotatable bonds is 5. The van der Waals surface area contributed by atoms with E-state index in [1.807, 2.05) is 0 Å². The third-order valence-electron chi connectivity index (χ3n) is 2.59. The number of carbonyl (C=O) groups is 1. The minimum Gasteiger partial charge on any atom is -0.479 e. The molecule has 0 atom stereocenters. The van der Waals surface area contributed by atoms with E-state index >= 15 is 0 Å². The summed E-state index contributed by atoms with van der Waals surface area (Å²) in [7, 11) is 1.79. The number of ether oxygens (including phenoxy) is 1. The Morgan fingerprint density at radius 3 is 2.89 bits per heavy atom. The third kappa shape index (κ3) is 2.76. The van der Waals surface area contributed by atoms with E-state index in [2.05, 4.69) is 4.98 Å². The number of nitro benzene ring substituents is 1. The Morgan fingerprint density at radius 2 is 2.32 bits per heavy atom. The highest BCUT2D eigenvalue weighted by Crippen LogP contribution is 2.28. The van der Waals surface area contributed by atoms with Crippen molar-refractivity contribution in [1.29, 1.82) is 0 Å². The van der Waals surface area contributed by atoms with Crippen molar-refractivity contribution in [2.24, 2.45) is 7.05 Å². The maximum atomic E-state index is 10.9. The number of aryl methyl sites for hydroxylation is 1. The molecule has 7 heteroatoms. The second-order valence-corrected chi connectivity index (χ2v) is 3.85. The lowest BCUT2D eigenvalue weighted by atomic mass is 10.2. The molecule has 1 aromatic carbocycles. The number of hydrogen-bond donors (Lipinski definition) is 0. The van der Waals surface area contributed by atoms with E-state index in [4.69, 9.17) is 4.74 Å². The lowest BCUT2D eigenvalue weighted by molar-refractivity contribution is -0.386. The van der Waals surface area contributed by atoms with Crippen LogP contribution in [0.4, 0.5) is 5.69 Å². The molecule has 1 heterocycles. The summed E-state index contributed by atoms with van der Waals surface area (Å²) in [5.41, 5.74) is 0.139. The fourth-order valence-corrected chi connectivity index (χ4v) is 1.55. The van der Waals surface area contributed by atoms with Gasteiger partial charge < -0.3 is 9.30 Å². The van der Waals surface area contributed by atoms with Crippen LogP contribution in [0.3, 0.4) is 0 Å². The second kappa shape index (κ2) is 5.30. The van der Waals surface area contributed by atoms with Crippen LogP contribution in [0.15, 0.2) is 30.6 Å². The summed E-state index contributed by atoms with van der Waals surface area (Å²) in [6.07, 6.45) is 3.96.